The first-order valence-electron chi connectivity index (χ1n) is 4.34. The molecule has 0 aliphatic carbocycles. The molecule has 0 aliphatic rings. The van der Waals surface area contributed by atoms with Gasteiger partial charge in [0.1, 0.15) is 5.69 Å². The minimum Gasteiger partial charge on any atom is -0.287 e. The molecule has 15 heavy (non-hydrogen) atoms. The molecule has 0 amide bonds. The Hall–Kier alpha value is -1.30. The van der Waals surface area contributed by atoms with Gasteiger partial charge in [0.25, 0.3) is 0 Å². The molecule has 1 aromatic heterocycles. The van der Waals surface area contributed by atoms with Gasteiger partial charge in [0.05, 0.1) is 6.20 Å². The lowest BCUT2D eigenvalue weighted by molar-refractivity contribution is 0.103. The molecule has 3 nitrogen and oxygen atoms in total. The Morgan fingerprint density at radius 2 is 2.00 bits per heavy atom. The molecule has 0 fully saturated rings. The van der Waals surface area contributed by atoms with Crippen LogP contribution in [0.15, 0.2) is 42.9 Å². The molecule has 0 spiro atoms. The Morgan fingerprint density at radius 1 is 1.20 bits per heavy atom. The lowest BCUT2D eigenvalue weighted by atomic mass is 10.1. The summed E-state index contributed by atoms with van der Waals surface area (Å²) in [7, 11) is 0. The Bertz CT molecular complexity index is 485. The normalized spacial score (nSPS) is 9.93. The maximum absolute atomic E-state index is 12.0. The molecule has 0 radical (unpaired) electrons. The van der Waals surface area contributed by atoms with Gasteiger partial charge < -0.3 is 0 Å². The van der Waals surface area contributed by atoms with E-state index in [4.69, 9.17) is 0 Å². The van der Waals surface area contributed by atoms with Gasteiger partial charge in [-0.2, -0.15) is 0 Å². The monoisotopic (exact) mass is 310 g/mol. The van der Waals surface area contributed by atoms with E-state index < -0.39 is 0 Å². The number of nitrogens with zero attached hydrogens (tertiary/aromatic N) is 2. The predicted molar refractivity (Wildman–Crippen MR) is 64.6 cm³/mol. The van der Waals surface area contributed by atoms with Crippen molar-refractivity contribution in [3.63, 3.8) is 0 Å². The van der Waals surface area contributed by atoms with Gasteiger partial charge in [-0.05, 0) is 34.7 Å². The summed E-state index contributed by atoms with van der Waals surface area (Å²) in [6.07, 6.45) is 4.54. The van der Waals surface area contributed by atoms with Crippen molar-refractivity contribution in [1.82, 2.24) is 9.97 Å². The molecule has 0 aliphatic heterocycles. The van der Waals surface area contributed by atoms with Crippen molar-refractivity contribution in [2.24, 2.45) is 0 Å². The second-order valence-corrected chi connectivity index (χ2v) is 4.06. The number of carbonyl (C=O) groups excluding carboxylic acids is 1. The summed E-state index contributed by atoms with van der Waals surface area (Å²) in [5.41, 5.74) is 1.04. The van der Waals surface area contributed by atoms with Gasteiger partial charge in [-0.3, -0.25) is 9.78 Å². The van der Waals surface area contributed by atoms with Crippen molar-refractivity contribution < 1.29 is 4.79 Å². The molecule has 1 heterocycles. The zero-order chi connectivity index (χ0) is 10.7. The van der Waals surface area contributed by atoms with Crippen LogP contribution in [0, 0.1) is 3.57 Å². The number of hydrogen-bond acceptors (Lipinski definition) is 3. The molecule has 4 heteroatoms. The van der Waals surface area contributed by atoms with Gasteiger partial charge in [-0.25, -0.2) is 4.98 Å². The van der Waals surface area contributed by atoms with Gasteiger partial charge in [-0.1, -0.05) is 12.1 Å². The van der Waals surface area contributed by atoms with Crippen LogP contribution in [0.3, 0.4) is 0 Å². The van der Waals surface area contributed by atoms with E-state index in [-0.39, 0.29) is 5.78 Å². The van der Waals surface area contributed by atoms with Crippen LogP contribution in [0.2, 0.25) is 0 Å². The standard InChI is InChI=1S/C11H7IN2O/c12-9-4-2-1-3-8(9)11(15)10-7-13-5-6-14-10/h1-7H. The fraction of sp³-hybridized carbons (Fsp3) is 0. The second-order valence-electron chi connectivity index (χ2n) is 2.90. The Balaban J connectivity index is 2.42. The van der Waals surface area contributed by atoms with Gasteiger partial charge in [0.2, 0.25) is 5.78 Å². The third-order valence-electron chi connectivity index (χ3n) is 1.91. The number of rotatable bonds is 2. The van der Waals surface area contributed by atoms with Gasteiger partial charge in [0.15, 0.2) is 0 Å². The van der Waals surface area contributed by atoms with E-state index in [0.717, 1.165) is 3.57 Å². The van der Waals surface area contributed by atoms with Crippen LogP contribution < -0.4 is 0 Å². The summed E-state index contributed by atoms with van der Waals surface area (Å²) in [5, 5.41) is 0. The molecule has 74 valence electrons. The van der Waals surface area contributed by atoms with Crippen LogP contribution in [0.25, 0.3) is 0 Å². The topological polar surface area (TPSA) is 42.9 Å². The molecule has 0 saturated heterocycles. The zero-order valence-electron chi connectivity index (χ0n) is 7.72. The van der Waals surface area contributed by atoms with Crippen LogP contribution >= 0.6 is 22.6 Å². The van der Waals surface area contributed by atoms with E-state index in [1.165, 1.54) is 12.4 Å². The lowest BCUT2D eigenvalue weighted by Gasteiger charge is -2.01. The van der Waals surface area contributed by atoms with Crippen molar-refractivity contribution in [3.8, 4) is 0 Å². The average Bonchev–Trinajstić information content (AvgIpc) is 2.30. The Morgan fingerprint density at radius 3 is 2.67 bits per heavy atom. The number of aromatic nitrogens is 2. The molecule has 0 N–H and O–H groups in total. The minimum atomic E-state index is -0.0897. The van der Waals surface area contributed by atoms with E-state index in [9.17, 15) is 4.79 Å². The Labute approximate surface area is 101 Å². The summed E-state index contributed by atoms with van der Waals surface area (Å²) < 4.78 is 0.922. The first-order valence-corrected chi connectivity index (χ1v) is 5.42. The van der Waals surface area contributed by atoms with Gasteiger partial charge in [0, 0.05) is 21.5 Å². The summed E-state index contributed by atoms with van der Waals surface area (Å²) in [5.74, 6) is -0.0897. The Kier molecular flexibility index (Phi) is 3.05. The van der Waals surface area contributed by atoms with E-state index in [1.807, 2.05) is 18.2 Å². The smallest absolute Gasteiger partial charge is 0.213 e. The molecule has 2 rings (SSSR count). The van der Waals surface area contributed by atoms with Gasteiger partial charge in [-0.15, -0.1) is 0 Å². The highest BCUT2D eigenvalue weighted by Crippen LogP contribution is 2.14. The summed E-state index contributed by atoms with van der Waals surface area (Å²) in [4.78, 5) is 19.8. The van der Waals surface area contributed by atoms with E-state index in [0.29, 0.717) is 11.3 Å². The summed E-state index contributed by atoms with van der Waals surface area (Å²) in [6, 6.07) is 7.42. The highest BCUT2D eigenvalue weighted by atomic mass is 127. The van der Waals surface area contributed by atoms with Crippen molar-refractivity contribution in [1.29, 1.82) is 0 Å². The fourth-order valence-electron chi connectivity index (χ4n) is 1.20. The number of ketones is 1. The molecular formula is C11H7IN2O. The highest BCUT2D eigenvalue weighted by Gasteiger charge is 2.12. The first kappa shape index (κ1) is 10.2. The molecule has 0 saturated carbocycles. The zero-order valence-corrected chi connectivity index (χ0v) is 9.88. The minimum absolute atomic E-state index is 0.0897. The van der Waals surface area contributed by atoms with Crippen molar-refractivity contribution in [2.75, 3.05) is 0 Å². The molecule has 2 aromatic rings. The van der Waals surface area contributed by atoms with E-state index in [2.05, 4.69) is 32.6 Å². The number of benzene rings is 1. The van der Waals surface area contributed by atoms with Crippen LogP contribution in [0.5, 0.6) is 0 Å². The van der Waals surface area contributed by atoms with Crippen LogP contribution in [0.1, 0.15) is 16.1 Å². The van der Waals surface area contributed by atoms with Crippen molar-refractivity contribution in [3.05, 3.63) is 57.7 Å². The number of halogens is 1. The maximum atomic E-state index is 12.0. The summed E-state index contributed by atoms with van der Waals surface area (Å²) >= 11 is 2.13. The summed E-state index contributed by atoms with van der Waals surface area (Å²) in [6.45, 7) is 0. The SMILES string of the molecule is O=C(c1cnccn1)c1ccccc1I. The molecule has 0 unspecified atom stereocenters. The van der Waals surface area contributed by atoms with Crippen LogP contribution in [-0.2, 0) is 0 Å². The van der Waals surface area contributed by atoms with Gasteiger partial charge >= 0.3 is 0 Å². The first-order chi connectivity index (χ1) is 7.29. The predicted octanol–water partition coefficient (Wildman–Crippen LogP) is 2.31. The second kappa shape index (κ2) is 4.48. The van der Waals surface area contributed by atoms with Crippen molar-refractivity contribution in [2.45, 2.75) is 0 Å². The van der Waals surface area contributed by atoms with E-state index in [1.54, 1.807) is 12.3 Å². The molecule has 1 aromatic carbocycles. The largest absolute Gasteiger partial charge is 0.287 e. The number of carbonyl (C=O) groups is 1. The third-order valence-corrected chi connectivity index (χ3v) is 2.85. The fourth-order valence-corrected chi connectivity index (χ4v) is 1.83. The maximum Gasteiger partial charge on any atom is 0.213 e. The number of hydrogen-bond donors (Lipinski definition) is 0. The van der Waals surface area contributed by atoms with E-state index >= 15 is 0 Å². The quantitative estimate of drug-likeness (QED) is 0.631. The average molecular weight is 310 g/mol. The lowest BCUT2D eigenvalue weighted by Crippen LogP contribution is -2.05. The highest BCUT2D eigenvalue weighted by molar-refractivity contribution is 14.1. The van der Waals surface area contributed by atoms with Crippen LogP contribution in [0.4, 0.5) is 0 Å². The molecular weight excluding hydrogens is 303 g/mol. The van der Waals surface area contributed by atoms with Crippen LogP contribution in [-0.4, -0.2) is 15.8 Å². The molecule has 0 atom stereocenters. The molecule has 0 bridgehead atoms. The van der Waals surface area contributed by atoms with Crippen molar-refractivity contribution >= 4 is 28.4 Å². The third kappa shape index (κ3) is 2.20.